The number of carbonyl (C=O) groups excluding carboxylic acids is 1. The highest BCUT2D eigenvalue weighted by Crippen LogP contribution is 2.40. The summed E-state index contributed by atoms with van der Waals surface area (Å²) in [6.07, 6.45) is 7.34. The van der Waals surface area contributed by atoms with Crippen molar-refractivity contribution >= 4 is 50.5 Å². The maximum Gasteiger partial charge on any atom is 0.239 e. The molecule has 0 bridgehead atoms. The van der Waals surface area contributed by atoms with E-state index in [1.807, 2.05) is 36.7 Å². The fourth-order valence-corrected chi connectivity index (χ4v) is 8.88. The van der Waals surface area contributed by atoms with Crippen LogP contribution in [0.5, 0.6) is 0 Å². The molecule has 14 heteroatoms. The number of sulfonamides is 1. The van der Waals surface area contributed by atoms with Crippen LogP contribution < -0.4 is 11.5 Å². The number of nitrogens with two attached hydrogens (primary N) is 2. The summed E-state index contributed by atoms with van der Waals surface area (Å²) in [7, 11) is -0.421. The summed E-state index contributed by atoms with van der Waals surface area (Å²) < 4.78 is 25.7. The molecular weight excluding hydrogens is 677 g/mol. The molecule has 4 aromatic heterocycles. The van der Waals surface area contributed by atoms with Crippen molar-refractivity contribution in [3.63, 3.8) is 0 Å². The Bertz CT molecular complexity index is 2220. The van der Waals surface area contributed by atoms with Gasteiger partial charge in [0.1, 0.15) is 11.1 Å². The predicted octanol–water partition coefficient (Wildman–Crippen LogP) is 4.56. The molecule has 252 valence electrons. The van der Waals surface area contributed by atoms with Crippen LogP contribution in [0.1, 0.15) is 55.0 Å². The molecule has 2 aliphatic rings. The van der Waals surface area contributed by atoms with E-state index in [0.29, 0.717) is 6.42 Å². The van der Waals surface area contributed by atoms with Crippen LogP contribution in [-0.4, -0.2) is 65.3 Å². The predicted molar refractivity (Wildman–Crippen MR) is 197 cm³/mol. The Labute approximate surface area is 294 Å². The van der Waals surface area contributed by atoms with Gasteiger partial charge in [0.25, 0.3) is 0 Å². The molecule has 0 aromatic carbocycles. The Balaban J connectivity index is 0.000000191. The number of aromatic nitrogens is 2. The molecule has 49 heavy (non-hydrogen) atoms. The largest absolute Gasteiger partial charge is 0.369 e. The lowest BCUT2D eigenvalue weighted by Gasteiger charge is -2.33. The molecule has 1 amide bonds. The van der Waals surface area contributed by atoms with E-state index in [9.17, 15) is 13.2 Å². The fourth-order valence-electron chi connectivity index (χ4n) is 5.29. The van der Waals surface area contributed by atoms with Crippen molar-refractivity contribution in [3.8, 4) is 45.9 Å². The monoisotopic (exact) mass is 712 g/mol. The van der Waals surface area contributed by atoms with Crippen LogP contribution >= 0.6 is 22.7 Å². The number of pyridine rings is 2. The molecule has 0 aliphatic carbocycles. The van der Waals surface area contributed by atoms with Crippen LogP contribution in [-0.2, 0) is 25.9 Å². The van der Waals surface area contributed by atoms with Crippen LogP contribution in [0, 0.1) is 23.7 Å². The Hall–Kier alpha value is -5.02. The summed E-state index contributed by atoms with van der Waals surface area (Å²) in [4.78, 5) is 32.8. The van der Waals surface area contributed by atoms with Crippen molar-refractivity contribution in [2.24, 2.45) is 21.5 Å². The highest BCUT2D eigenvalue weighted by molar-refractivity contribution is 7.89. The lowest BCUT2D eigenvalue weighted by atomic mass is 9.93. The highest BCUT2D eigenvalue weighted by atomic mass is 32.2. The third-order valence-electron chi connectivity index (χ3n) is 8.08. The molecule has 0 fully saturated rings. The minimum Gasteiger partial charge on any atom is -0.369 e. The molecule has 4 aromatic rings. The summed E-state index contributed by atoms with van der Waals surface area (Å²) in [5.74, 6) is 11.8. The first kappa shape index (κ1) is 35.3. The summed E-state index contributed by atoms with van der Waals surface area (Å²) in [5, 5.41) is 4.02. The number of hydrogen-bond donors (Lipinski definition) is 2. The minimum atomic E-state index is -3.48. The normalized spacial score (nSPS) is 21.2. The van der Waals surface area contributed by atoms with Gasteiger partial charge in [-0.2, -0.15) is 0 Å². The molecule has 2 aliphatic heterocycles. The SMILES string of the molecule is CC#Cc1cncc(-c2csc([C@]3(C)CC(=O)N(C)C(N)=N3)c2)c1.CC#Cc1cncc(-c2csc([C@]3(C)CS(=O)(=O)N(C)C(N)=N3)c2)c1. The van der Waals surface area contributed by atoms with E-state index in [1.54, 1.807) is 57.7 Å². The van der Waals surface area contributed by atoms with Gasteiger partial charge in [0, 0.05) is 70.9 Å². The minimum absolute atomic E-state index is 0.00517. The number of aliphatic imine (C=N–C) groups is 2. The van der Waals surface area contributed by atoms with Gasteiger partial charge in [-0.15, -0.1) is 34.5 Å². The van der Waals surface area contributed by atoms with E-state index < -0.39 is 21.1 Å². The fraction of sp³-hybridized carbons (Fsp3) is 0.286. The number of amides is 1. The van der Waals surface area contributed by atoms with Gasteiger partial charge in [0.15, 0.2) is 5.96 Å². The molecule has 11 nitrogen and oxygen atoms in total. The molecule has 6 heterocycles. The maximum atomic E-state index is 12.3. The van der Waals surface area contributed by atoms with Crippen molar-refractivity contribution in [1.82, 2.24) is 19.2 Å². The van der Waals surface area contributed by atoms with Gasteiger partial charge in [-0.1, -0.05) is 11.8 Å². The molecule has 0 saturated heterocycles. The second-order valence-corrected chi connectivity index (χ2v) is 15.7. The second kappa shape index (κ2) is 13.8. The molecular formula is C35H36N8O3S3. The van der Waals surface area contributed by atoms with Gasteiger partial charge in [0.2, 0.25) is 21.9 Å². The first-order valence-corrected chi connectivity index (χ1v) is 18.4. The van der Waals surface area contributed by atoms with Crippen molar-refractivity contribution in [2.45, 2.75) is 45.2 Å². The smallest absolute Gasteiger partial charge is 0.239 e. The van der Waals surface area contributed by atoms with E-state index in [4.69, 9.17) is 11.5 Å². The highest BCUT2D eigenvalue weighted by Gasteiger charge is 2.41. The third-order valence-corrected chi connectivity index (χ3v) is 12.4. The average molecular weight is 713 g/mol. The summed E-state index contributed by atoms with van der Waals surface area (Å²) >= 11 is 3.04. The number of carbonyl (C=O) groups is 1. The summed E-state index contributed by atoms with van der Waals surface area (Å²) in [6.45, 7) is 7.31. The number of hydrogen-bond acceptors (Lipinski definition) is 11. The number of nitrogens with zero attached hydrogens (tertiary/aromatic N) is 6. The van der Waals surface area contributed by atoms with Crippen molar-refractivity contribution in [1.29, 1.82) is 0 Å². The van der Waals surface area contributed by atoms with Gasteiger partial charge < -0.3 is 11.5 Å². The van der Waals surface area contributed by atoms with E-state index in [-0.39, 0.29) is 23.6 Å². The standard InChI is InChI=1S/C18H18N4OS.C17H18N4O2S2/c1-4-5-12-6-13(10-20-9-12)14-7-15(24-11-14)18(2)8-16(23)22(3)17(19)21-18;1-4-5-12-6-13(9-19-8-12)14-7-15(24-10-14)17(2)11-25(22,23)21(3)16(18)20-17/h6-7,9-11H,8H2,1-3H3,(H2,19,21);6-10H,11H2,1-3H3,(H2,18,20)/t18-;17-/m00/s1. The van der Waals surface area contributed by atoms with E-state index in [0.717, 1.165) is 47.4 Å². The van der Waals surface area contributed by atoms with Crippen LogP contribution in [0.3, 0.4) is 0 Å². The van der Waals surface area contributed by atoms with Gasteiger partial charge in [-0.05, 0) is 73.8 Å². The van der Waals surface area contributed by atoms with E-state index in [1.165, 1.54) is 23.3 Å². The van der Waals surface area contributed by atoms with Crippen LogP contribution in [0.25, 0.3) is 22.3 Å². The maximum absolute atomic E-state index is 12.3. The quantitative estimate of drug-likeness (QED) is 0.294. The Morgan fingerprint density at radius 3 is 1.71 bits per heavy atom. The van der Waals surface area contributed by atoms with Gasteiger partial charge in [-0.3, -0.25) is 19.7 Å². The number of thiophene rings is 2. The molecule has 4 N–H and O–H groups in total. The summed E-state index contributed by atoms with van der Waals surface area (Å²) in [6, 6.07) is 7.97. The third kappa shape index (κ3) is 7.52. The summed E-state index contributed by atoms with van der Waals surface area (Å²) in [5.41, 5.74) is 15.8. The molecule has 0 radical (unpaired) electrons. The first-order chi connectivity index (χ1) is 23.2. The molecule has 0 unspecified atom stereocenters. The van der Waals surface area contributed by atoms with Crippen molar-refractivity contribution in [2.75, 3.05) is 19.8 Å². The topological polar surface area (TPSA) is 160 Å². The molecule has 2 atom stereocenters. The zero-order valence-corrected chi connectivity index (χ0v) is 30.4. The zero-order valence-electron chi connectivity index (χ0n) is 28.0. The first-order valence-electron chi connectivity index (χ1n) is 15.1. The van der Waals surface area contributed by atoms with Crippen LogP contribution in [0.15, 0.2) is 69.8 Å². The van der Waals surface area contributed by atoms with Crippen LogP contribution in [0.4, 0.5) is 0 Å². The van der Waals surface area contributed by atoms with Gasteiger partial charge in [0.05, 0.1) is 12.2 Å². The van der Waals surface area contributed by atoms with Gasteiger partial charge >= 0.3 is 0 Å². The second-order valence-electron chi connectivity index (χ2n) is 11.9. The lowest BCUT2D eigenvalue weighted by Crippen LogP contribution is -2.50. The van der Waals surface area contributed by atoms with E-state index >= 15 is 0 Å². The zero-order chi connectivity index (χ0) is 35.6. The number of guanidine groups is 2. The Morgan fingerprint density at radius 1 is 0.755 bits per heavy atom. The average Bonchev–Trinajstić information content (AvgIpc) is 3.76. The van der Waals surface area contributed by atoms with Crippen molar-refractivity contribution in [3.05, 3.63) is 80.7 Å². The Kier molecular flexibility index (Phi) is 9.97. The Morgan fingerprint density at radius 2 is 1.24 bits per heavy atom. The molecule has 6 rings (SSSR count). The van der Waals surface area contributed by atoms with Crippen molar-refractivity contribution < 1.29 is 13.2 Å². The molecule has 0 saturated carbocycles. The van der Waals surface area contributed by atoms with Crippen LogP contribution in [0.2, 0.25) is 0 Å². The molecule has 0 spiro atoms. The number of rotatable bonds is 4. The lowest BCUT2D eigenvalue weighted by molar-refractivity contribution is -0.128. The van der Waals surface area contributed by atoms with Gasteiger partial charge in [-0.25, -0.2) is 22.7 Å². The van der Waals surface area contributed by atoms with E-state index in [2.05, 4.69) is 55.1 Å².